The van der Waals surface area contributed by atoms with Crippen LogP contribution in [0.3, 0.4) is 0 Å². The highest BCUT2D eigenvalue weighted by molar-refractivity contribution is 6.05. The minimum absolute atomic E-state index is 0.194. The maximum atomic E-state index is 11.9. The number of carbonyl (C=O) groups is 3. The van der Waals surface area contributed by atoms with E-state index < -0.39 is 5.91 Å². The molecule has 4 nitrogen and oxygen atoms in total. The zero-order chi connectivity index (χ0) is 12.0. The Morgan fingerprint density at radius 3 is 2.38 bits per heavy atom. The van der Waals surface area contributed by atoms with Crippen molar-refractivity contribution in [2.45, 2.75) is 13.3 Å². The van der Waals surface area contributed by atoms with Crippen LogP contribution in [0, 0.1) is 0 Å². The van der Waals surface area contributed by atoms with E-state index in [0.29, 0.717) is 11.8 Å². The van der Waals surface area contributed by atoms with Crippen molar-refractivity contribution < 1.29 is 14.4 Å². The summed E-state index contributed by atoms with van der Waals surface area (Å²) in [4.78, 5) is 34.7. The largest absolute Gasteiger partial charge is 0.301 e. The van der Waals surface area contributed by atoms with Crippen LogP contribution in [0.2, 0.25) is 0 Å². The SMILES string of the molecule is CCC(=O)N(CC=O)C(=O)c1ccccc1. The van der Waals surface area contributed by atoms with E-state index in [1.807, 2.05) is 0 Å². The van der Waals surface area contributed by atoms with E-state index in [2.05, 4.69) is 0 Å². The van der Waals surface area contributed by atoms with Gasteiger partial charge in [-0.3, -0.25) is 14.5 Å². The molecule has 0 aliphatic heterocycles. The molecule has 0 aliphatic carbocycles. The lowest BCUT2D eigenvalue weighted by molar-refractivity contribution is -0.130. The Balaban J connectivity index is 2.91. The number of nitrogens with zero attached hydrogens (tertiary/aromatic N) is 1. The Morgan fingerprint density at radius 1 is 1.25 bits per heavy atom. The maximum absolute atomic E-state index is 11.9. The molecule has 2 amide bonds. The van der Waals surface area contributed by atoms with Crippen molar-refractivity contribution in [3.8, 4) is 0 Å². The van der Waals surface area contributed by atoms with Crippen molar-refractivity contribution in [2.75, 3.05) is 6.54 Å². The Bertz CT molecular complexity index is 387. The molecule has 0 radical (unpaired) electrons. The van der Waals surface area contributed by atoms with Crippen LogP contribution < -0.4 is 0 Å². The van der Waals surface area contributed by atoms with Crippen LogP contribution in [0.15, 0.2) is 30.3 Å². The van der Waals surface area contributed by atoms with Crippen LogP contribution in [0.25, 0.3) is 0 Å². The smallest absolute Gasteiger partial charge is 0.260 e. The topological polar surface area (TPSA) is 54.5 Å². The van der Waals surface area contributed by atoms with Gasteiger partial charge in [0.15, 0.2) is 0 Å². The summed E-state index contributed by atoms with van der Waals surface area (Å²) in [6.07, 6.45) is 0.751. The first kappa shape index (κ1) is 12.1. The molecule has 0 N–H and O–H groups in total. The van der Waals surface area contributed by atoms with E-state index in [9.17, 15) is 14.4 Å². The predicted octanol–water partition coefficient (Wildman–Crippen LogP) is 1.26. The number of amides is 2. The third-order valence-electron chi connectivity index (χ3n) is 2.13. The van der Waals surface area contributed by atoms with Gasteiger partial charge >= 0.3 is 0 Å². The molecule has 0 aromatic heterocycles. The van der Waals surface area contributed by atoms with Gasteiger partial charge in [0.25, 0.3) is 5.91 Å². The summed E-state index contributed by atoms with van der Waals surface area (Å²) < 4.78 is 0. The van der Waals surface area contributed by atoms with E-state index in [1.165, 1.54) is 0 Å². The third kappa shape index (κ3) is 2.76. The van der Waals surface area contributed by atoms with Gasteiger partial charge in [-0.25, -0.2) is 0 Å². The molecule has 0 heterocycles. The Kier molecular flexibility index (Phi) is 4.39. The van der Waals surface area contributed by atoms with Gasteiger partial charge in [-0.2, -0.15) is 0 Å². The van der Waals surface area contributed by atoms with Gasteiger partial charge in [0.05, 0.1) is 6.54 Å². The van der Waals surface area contributed by atoms with Crippen LogP contribution in [-0.4, -0.2) is 29.5 Å². The van der Waals surface area contributed by atoms with Crippen LogP contribution in [0.1, 0.15) is 23.7 Å². The number of hydrogen-bond donors (Lipinski definition) is 0. The third-order valence-corrected chi connectivity index (χ3v) is 2.13. The number of aldehydes is 1. The molecule has 0 bridgehead atoms. The van der Waals surface area contributed by atoms with E-state index in [-0.39, 0.29) is 18.9 Å². The van der Waals surface area contributed by atoms with Crippen LogP contribution in [-0.2, 0) is 9.59 Å². The summed E-state index contributed by atoms with van der Waals surface area (Å²) >= 11 is 0. The fourth-order valence-corrected chi connectivity index (χ4v) is 1.30. The number of hydrogen-bond acceptors (Lipinski definition) is 3. The minimum Gasteiger partial charge on any atom is -0.301 e. The molecule has 0 saturated heterocycles. The standard InChI is InChI=1S/C12H13NO3/c1-2-11(15)13(8-9-14)12(16)10-6-4-3-5-7-10/h3-7,9H,2,8H2,1H3. The number of imide groups is 1. The lowest BCUT2D eigenvalue weighted by atomic mass is 10.2. The highest BCUT2D eigenvalue weighted by Crippen LogP contribution is 2.05. The summed E-state index contributed by atoms with van der Waals surface area (Å²) in [7, 11) is 0. The predicted molar refractivity (Wildman–Crippen MR) is 58.8 cm³/mol. The maximum Gasteiger partial charge on any atom is 0.260 e. The molecule has 4 heteroatoms. The monoisotopic (exact) mass is 219 g/mol. The first-order valence-corrected chi connectivity index (χ1v) is 5.04. The van der Waals surface area contributed by atoms with Crippen molar-refractivity contribution >= 4 is 18.1 Å². The highest BCUT2D eigenvalue weighted by Gasteiger charge is 2.20. The summed E-state index contributed by atoms with van der Waals surface area (Å²) in [5.41, 5.74) is 0.408. The van der Waals surface area contributed by atoms with Gasteiger partial charge < -0.3 is 4.79 Å². The molecule has 0 spiro atoms. The second kappa shape index (κ2) is 5.80. The molecule has 0 fully saturated rings. The second-order valence-electron chi connectivity index (χ2n) is 3.20. The quantitative estimate of drug-likeness (QED) is 0.716. The van der Waals surface area contributed by atoms with Crippen molar-refractivity contribution in [1.29, 1.82) is 0 Å². The first-order chi connectivity index (χ1) is 7.70. The average Bonchev–Trinajstić information content (AvgIpc) is 2.35. The zero-order valence-corrected chi connectivity index (χ0v) is 9.05. The normalized spacial score (nSPS) is 9.56. The first-order valence-electron chi connectivity index (χ1n) is 5.04. The molecule has 0 saturated carbocycles. The number of carbonyl (C=O) groups excluding carboxylic acids is 3. The van der Waals surface area contributed by atoms with E-state index in [0.717, 1.165) is 4.90 Å². The van der Waals surface area contributed by atoms with E-state index in [1.54, 1.807) is 37.3 Å². The lowest BCUT2D eigenvalue weighted by Gasteiger charge is -2.17. The fraction of sp³-hybridized carbons (Fsp3) is 0.250. The summed E-state index contributed by atoms with van der Waals surface area (Å²) in [5.74, 6) is -0.777. The average molecular weight is 219 g/mol. The highest BCUT2D eigenvalue weighted by atomic mass is 16.2. The van der Waals surface area contributed by atoms with Gasteiger partial charge in [0, 0.05) is 12.0 Å². The van der Waals surface area contributed by atoms with Crippen molar-refractivity contribution in [2.24, 2.45) is 0 Å². The van der Waals surface area contributed by atoms with Gasteiger partial charge in [-0.05, 0) is 12.1 Å². The molecule has 0 atom stereocenters. The number of benzene rings is 1. The van der Waals surface area contributed by atoms with Gasteiger partial charge in [-0.1, -0.05) is 25.1 Å². The Labute approximate surface area is 93.9 Å². The molecule has 0 aliphatic rings. The van der Waals surface area contributed by atoms with Gasteiger partial charge in [0.2, 0.25) is 5.91 Å². The summed E-state index contributed by atoms with van der Waals surface area (Å²) in [5, 5.41) is 0. The van der Waals surface area contributed by atoms with Crippen LogP contribution >= 0.6 is 0 Å². The molecule has 16 heavy (non-hydrogen) atoms. The summed E-state index contributed by atoms with van der Waals surface area (Å²) in [6, 6.07) is 8.43. The second-order valence-corrected chi connectivity index (χ2v) is 3.20. The minimum atomic E-state index is -0.431. The molecule has 84 valence electrons. The van der Waals surface area contributed by atoms with Crippen LogP contribution in [0.4, 0.5) is 0 Å². The summed E-state index contributed by atoms with van der Waals surface area (Å²) in [6.45, 7) is 1.46. The molecular weight excluding hydrogens is 206 g/mol. The van der Waals surface area contributed by atoms with Crippen molar-refractivity contribution in [3.05, 3.63) is 35.9 Å². The molecular formula is C12H13NO3. The van der Waals surface area contributed by atoms with Crippen molar-refractivity contribution in [3.63, 3.8) is 0 Å². The Hall–Kier alpha value is -1.97. The Morgan fingerprint density at radius 2 is 1.88 bits per heavy atom. The fourth-order valence-electron chi connectivity index (χ4n) is 1.30. The molecule has 1 aromatic carbocycles. The van der Waals surface area contributed by atoms with Gasteiger partial charge in [0.1, 0.15) is 6.29 Å². The number of rotatable bonds is 4. The zero-order valence-electron chi connectivity index (χ0n) is 9.05. The molecule has 1 aromatic rings. The lowest BCUT2D eigenvalue weighted by Crippen LogP contribution is -2.37. The van der Waals surface area contributed by atoms with E-state index in [4.69, 9.17) is 0 Å². The van der Waals surface area contributed by atoms with E-state index >= 15 is 0 Å². The van der Waals surface area contributed by atoms with Gasteiger partial charge in [-0.15, -0.1) is 0 Å². The molecule has 1 rings (SSSR count). The van der Waals surface area contributed by atoms with Crippen LogP contribution in [0.5, 0.6) is 0 Å². The van der Waals surface area contributed by atoms with Crippen molar-refractivity contribution in [1.82, 2.24) is 4.90 Å². The molecule has 0 unspecified atom stereocenters.